The number of rotatable bonds is 6. The number of halogens is 2. The molecule has 0 aliphatic carbocycles. The fraction of sp³-hybridized carbons (Fsp3) is 0.278. The molecule has 1 amide bonds. The van der Waals surface area contributed by atoms with Crippen molar-refractivity contribution in [3.8, 4) is 22.6 Å². The van der Waals surface area contributed by atoms with Gasteiger partial charge < -0.3 is 9.80 Å². The van der Waals surface area contributed by atoms with Crippen LogP contribution in [0.4, 0.5) is 14.5 Å². The summed E-state index contributed by atoms with van der Waals surface area (Å²) in [6, 6.07) is 18.9. The first-order chi connectivity index (χ1) is 23.4. The fourth-order valence-corrected chi connectivity index (χ4v) is 7.60. The second-order valence-corrected chi connectivity index (χ2v) is 13.0. The Bertz CT molecular complexity index is 2150. The summed E-state index contributed by atoms with van der Waals surface area (Å²) in [5.41, 5.74) is 5.24. The van der Waals surface area contributed by atoms with Crippen molar-refractivity contribution in [1.29, 1.82) is 0 Å². The molecule has 3 saturated heterocycles. The zero-order chi connectivity index (χ0) is 32.4. The van der Waals surface area contributed by atoms with Gasteiger partial charge in [-0.15, -0.1) is 0 Å². The van der Waals surface area contributed by atoms with E-state index in [9.17, 15) is 13.6 Å². The molecule has 0 radical (unpaired) electrons. The predicted octanol–water partition coefficient (Wildman–Crippen LogP) is 5.19. The zero-order valence-electron chi connectivity index (χ0n) is 25.9. The van der Waals surface area contributed by atoms with E-state index in [1.807, 2.05) is 30.5 Å². The number of piperazine rings is 1. The van der Waals surface area contributed by atoms with Crippen molar-refractivity contribution in [3.05, 3.63) is 96.7 Å². The number of benzene rings is 3. The average molecular weight is 644 g/mol. The molecule has 2 bridgehead atoms. The Kier molecular flexibility index (Phi) is 6.85. The van der Waals surface area contributed by atoms with Crippen LogP contribution in [-0.4, -0.2) is 90.6 Å². The largest absolute Gasteiger partial charge is 0.365 e. The Morgan fingerprint density at radius 2 is 1.65 bits per heavy atom. The molecule has 48 heavy (non-hydrogen) atoms. The van der Waals surface area contributed by atoms with E-state index in [0.29, 0.717) is 12.4 Å². The van der Waals surface area contributed by atoms with Gasteiger partial charge in [0.2, 0.25) is 5.91 Å². The number of fused-ring (bicyclic) bond motifs is 4. The molecular weight excluding hydrogens is 612 g/mol. The third kappa shape index (κ3) is 5.12. The molecule has 3 aromatic carbocycles. The molecule has 12 heteroatoms. The highest BCUT2D eigenvalue weighted by Crippen LogP contribution is 2.36. The number of carbonyl (C=O) groups is 1. The Balaban J connectivity index is 0.838. The van der Waals surface area contributed by atoms with Crippen molar-refractivity contribution in [2.45, 2.75) is 30.8 Å². The second-order valence-electron chi connectivity index (χ2n) is 13.0. The van der Waals surface area contributed by atoms with Crippen molar-refractivity contribution in [2.24, 2.45) is 0 Å². The number of nitrogens with zero attached hydrogens (tertiary/aromatic N) is 8. The summed E-state index contributed by atoms with van der Waals surface area (Å²) < 4.78 is 26.7. The Hall–Kier alpha value is -5.36. The quantitative estimate of drug-likeness (QED) is 0.265. The number of likely N-dealkylation sites (tertiary alicyclic amines) is 2. The summed E-state index contributed by atoms with van der Waals surface area (Å²) in [4.78, 5) is 38.0. The smallest absolute Gasteiger partial charge is 0.237 e. The average Bonchev–Trinajstić information content (AvgIpc) is 3.92. The summed E-state index contributed by atoms with van der Waals surface area (Å²) >= 11 is 0. The molecule has 240 valence electrons. The van der Waals surface area contributed by atoms with Gasteiger partial charge in [0.1, 0.15) is 11.6 Å². The summed E-state index contributed by atoms with van der Waals surface area (Å²) in [5.74, 6) is 0.868. The number of aromatic nitrogens is 6. The number of hydrogen-bond donors (Lipinski definition) is 1. The summed E-state index contributed by atoms with van der Waals surface area (Å²) in [5, 5.41) is 9.41. The van der Waals surface area contributed by atoms with E-state index in [2.05, 4.69) is 47.0 Å². The lowest BCUT2D eigenvalue weighted by atomic mass is 10.1. The van der Waals surface area contributed by atoms with Gasteiger partial charge in [0, 0.05) is 65.4 Å². The SMILES string of the molecule is O=C(CN1CC[C@@H](c2ncc3cc4[nH]nc(-c5ccc(F)cc5)c4cc3n2)C1)N1C[C@@H]2C[C@H]1CN2c1ccc(-c2ncc(F)cn2)cc1. The first-order valence-electron chi connectivity index (χ1n) is 16.2. The maximum atomic E-state index is 13.5. The van der Waals surface area contributed by atoms with Crippen molar-refractivity contribution in [1.82, 2.24) is 39.9 Å². The van der Waals surface area contributed by atoms with E-state index >= 15 is 0 Å². The molecule has 10 nitrogen and oxygen atoms in total. The summed E-state index contributed by atoms with van der Waals surface area (Å²) in [6.45, 7) is 3.49. The molecule has 0 unspecified atom stereocenters. The van der Waals surface area contributed by atoms with E-state index in [-0.39, 0.29) is 29.7 Å². The molecule has 9 rings (SSSR count). The van der Waals surface area contributed by atoms with Crippen LogP contribution in [0, 0.1) is 11.6 Å². The van der Waals surface area contributed by atoms with Gasteiger partial charge in [-0.1, -0.05) is 0 Å². The highest BCUT2D eigenvalue weighted by atomic mass is 19.1. The number of H-pyrrole nitrogens is 1. The van der Waals surface area contributed by atoms with Crippen LogP contribution in [0.1, 0.15) is 24.6 Å². The molecule has 3 aromatic heterocycles. The molecule has 1 N–H and O–H groups in total. The lowest BCUT2D eigenvalue weighted by Gasteiger charge is -2.36. The first-order valence-corrected chi connectivity index (χ1v) is 16.2. The van der Waals surface area contributed by atoms with Crippen molar-refractivity contribution in [3.63, 3.8) is 0 Å². The third-order valence-corrected chi connectivity index (χ3v) is 10.0. The zero-order valence-corrected chi connectivity index (χ0v) is 25.9. The van der Waals surface area contributed by atoms with E-state index < -0.39 is 5.82 Å². The molecule has 6 aromatic rings. The van der Waals surface area contributed by atoms with Gasteiger partial charge in [-0.3, -0.25) is 14.8 Å². The maximum Gasteiger partial charge on any atom is 0.237 e. The van der Waals surface area contributed by atoms with Gasteiger partial charge in [-0.25, -0.2) is 28.7 Å². The summed E-state index contributed by atoms with van der Waals surface area (Å²) in [6.07, 6.45) is 6.07. The topological polar surface area (TPSA) is 107 Å². The number of amides is 1. The van der Waals surface area contributed by atoms with E-state index in [4.69, 9.17) is 9.97 Å². The van der Waals surface area contributed by atoms with Crippen LogP contribution in [0.25, 0.3) is 44.5 Å². The molecule has 3 atom stereocenters. The highest BCUT2D eigenvalue weighted by Gasteiger charge is 2.45. The standard InChI is InChI=1S/C36H31F2N9O/c37-25-5-1-21(2-6-25)34-30-13-31-24(11-32(30)43-44-34)14-39-36(42-31)23-9-10-45(17-23)20-33(48)47-19-28-12-29(47)18-46(28)27-7-3-22(4-8-27)35-40-15-26(38)16-41-35/h1-8,11,13-16,23,28-29H,9-10,12,17-20H2,(H,43,44)/t23-,28+,29+/m1/s1. The van der Waals surface area contributed by atoms with Gasteiger partial charge in [-0.05, 0) is 80.1 Å². The summed E-state index contributed by atoms with van der Waals surface area (Å²) in [7, 11) is 0. The Morgan fingerprint density at radius 1 is 0.854 bits per heavy atom. The molecule has 3 aliphatic rings. The first kappa shape index (κ1) is 28.8. The highest BCUT2D eigenvalue weighted by molar-refractivity contribution is 6.01. The lowest BCUT2D eigenvalue weighted by molar-refractivity contribution is -0.133. The maximum absolute atomic E-state index is 13.5. The van der Waals surface area contributed by atoms with Crippen LogP contribution in [0.5, 0.6) is 0 Å². The Morgan fingerprint density at radius 3 is 2.42 bits per heavy atom. The normalized spacial score (nSPS) is 20.8. The number of nitrogens with one attached hydrogen (secondary N) is 1. The third-order valence-electron chi connectivity index (χ3n) is 10.0. The van der Waals surface area contributed by atoms with Crippen LogP contribution in [-0.2, 0) is 4.79 Å². The molecule has 6 heterocycles. The minimum atomic E-state index is -0.456. The van der Waals surface area contributed by atoms with Crippen LogP contribution < -0.4 is 4.90 Å². The van der Waals surface area contributed by atoms with Crippen molar-refractivity contribution in [2.75, 3.05) is 37.6 Å². The van der Waals surface area contributed by atoms with Gasteiger partial charge >= 0.3 is 0 Å². The van der Waals surface area contributed by atoms with Gasteiger partial charge in [0.25, 0.3) is 0 Å². The van der Waals surface area contributed by atoms with Crippen LogP contribution >= 0.6 is 0 Å². The number of anilines is 1. The van der Waals surface area contributed by atoms with Gasteiger partial charge in [-0.2, -0.15) is 5.10 Å². The van der Waals surface area contributed by atoms with Gasteiger partial charge in [0.15, 0.2) is 11.6 Å². The van der Waals surface area contributed by atoms with E-state index in [1.165, 1.54) is 24.5 Å². The number of carbonyl (C=O) groups excluding carboxylic acids is 1. The molecule has 3 fully saturated rings. The predicted molar refractivity (Wildman–Crippen MR) is 177 cm³/mol. The van der Waals surface area contributed by atoms with Crippen LogP contribution in [0.3, 0.4) is 0 Å². The van der Waals surface area contributed by atoms with Gasteiger partial charge in [0.05, 0.1) is 41.7 Å². The van der Waals surface area contributed by atoms with Crippen molar-refractivity contribution < 1.29 is 13.6 Å². The number of hydrogen-bond acceptors (Lipinski definition) is 8. The molecule has 0 saturated carbocycles. The minimum Gasteiger partial charge on any atom is -0.365 e. The Labute approximate surface area is 274 Å². The fourth-order valence-electron chi connectivity index (χ4n) is 7.60. The molecule has 0 spiro atoms. The molecule has 3 aliphatic heterocycles. The lowest BCUT2D eigenvalue weighted by Crippen LogP contribution is -2.51. The van der Waals surface area contributed by atoms with E-state index in [1.54, 1.807) is 12.1 Å². The minimum absolute atomic E-state index is 0.146. The number of aromatic amines is 1. The van der Waals surface area contributed by atoms with Crippen LogP contribution in [0.15, 0.2) is 79.3 Å². The van der Waals surface area contributed by atoms with Crippen molar-refractivity contribution >= 4 is 33.4 Å². The second kappa shape index (κ2) is 11.4. The molecular formula is C36H31F2N9O. The monoisotopic (exact) mass is 643 g/mol. The van der Waals surface area contributed by atoms with E-state index in [0.717, 1.165) is 89.2 Å². The van der Waals surface area contributed by atoms with Crippen LogP contribution in [0.2, 0.25) is 0 Å².